The standard InChI is InChI=1S/C26H32N4O3/c1-20(2)33-26(31)24-4-3-10-28-25(24)30-13-11-29(12-14-30)18-22-7-5-21(6-8-22)16-27-17-23-9-15-32-19-23/h3-10,15,19-20,27H,11-14,16-18H2,1-2H3. The molecule has 1 aromatic carbocycles. The lowest BCUT2D eigenvalue weighted by Gasteiger charge is -2.36. The summed E-state index contributed by atoms with van der Waals surface area (Å²) in [4.78, 5) is 21.6. The molecule has 0 radical (unpaired) electrons. The molecule has 0 spiro atoms. The molecule has 1 saturated heterocycles. The Morgan fingerprint density at radius 3 is 2.45 bits per heavy atom. The van der Waals surface area contributed by atoms with Crippen LogP contribution in [0.4, 0.5) is 5.82 Å². The maximum atomic E-state index is 12.5. The Morgan fingerprint density at radius 1 is 1.03 bits per heavy atom. The minimum Gasteiger partial charge on any atom is -0.472 e. The Morgan fingerprint density at radius 2 is 1.76 bits per heavy atom. The lowest BCUT2D eigenvalue weighted by Crippen LogP contribution is -2.46. The van der Waals surface area contributed by atoms with Gasteiger partial charge in [0, 0.05) is 57.6 Å². The minimum atomic E-state index is -0.310. The fraction of sp³-hybridized carbons (Fsp3) is 0.385. The predicted octanol–water partition coefficient (Wildman–Crippen LogP) is 3.85. The number of benzene rings is 1. The summed E-state index contributed by atoms with van der Waals surface area (Å²) in [5.74, 6) is 0.407. The topological polar surface area (TPSA) is 70.8 Å². The van der Waals surface area contributed by atoms with Crippen molar-refractivity contribution in [2.24, 2.45) is 0 Å². The first kappa shape index (κ1) is 23.0. The van der Waals surface area contributed by atoms with Gasteiger partial charge in [-0.1, -0.05) is 24.3 Å². The maximum Gasteiger partial charge on any atom is 0.342 e. The Kier molecular flexibility index (Phi) is 7.75. The average Bonchev–Trinajstić information content (AvgIpc) is 3.34. The molecule has 3 aromatic rings. The van der Waals surface area contributed by atoms with Crippen LogP contribution in [0, 0.1) is 0 Å². The summed E-state index contributed by atoms with van der Waals surface area (Å²) >= 11 is 0. The number of nitrogens with zero attached hydrogens (tertiary/aromatic N) is 3. The minimum absolute atomic E-state index is 0.152. The van der Waals surface area contributed by atoms with E-state index in [0.29, 0.717) is 5.56 Å². The smallest absolute Gasteiger partial charge is 0.342 e. The fourth-order valence-corrected chi connectivity index (χ4v) is 3.97. The number of hydrogen-bond acceptors (Lipinski definition) is 7. The van der Waals surface area contributed by atoms with E-state index in [1.807, 2.05) is 19.9 Å². The van der Waals surface area contributed by atoms with Crippen molar-refractivity contribution in [3.63, 3.8) is 0 Å². The Bertz CT molecular complexity index is 1010. The van der Waals surface area contributed by atoms with Crippen LogP contribution in [0.25, 0.3) is 0 Å². The molecule has 7 nitrogen and oxygen atoms in total. The largest absolute Gasteiger partial charge is 0.472 e. The highest BCUT2D eigenvalue weighted by molar-refractivity contribution is 5.94. The first-order chi connectivity index (χ1) is 16.1. The van der Waals surface area contributed by atoms with E-state index >= 15 is 0 Å². The molecule has 7 heteroatoms. The van der Waals surface area contributed by atoms with Crippen molar-refractivity contribution in [1.82, 2.24) is 15.2 Å². The monoisotopic (exact) mass is 448 g/mol. The van der Waals surface area contributed by atoms with Crippen molar-refractivity contribution in [2.45, 2.75) is 39.6 Å². The van der Waals surface area contributed by atoms with Crippen LogP contribution in [0.3, 0.4) is 0 Å². The second kappa shape index (κ2) is 11.1. The van der Waals surface area contributed by atoms with Crippen LogP contribution in [0.2, 0.25) is 0 Å². The quantitative estimate of drug-likeness (QED) is 0.499. The van der Waals surface area contributed by atoms with Gasteiger partial charge in [0.2, 0.25) is 0 Å². The van der Waals surface area contributed by atoms with Crippen LogP contribution in [0.1, 0.15) is 40.9 Å². The van der Waals surface area contributed by atoms with Crippen LogP contribution in [0.5, 0.6) is 0 Å². The summed E-state index contributed by atoms with van der Waals surface area (Å²) in [5.41, 5.74) is 4.26. The van der Waals surface area contributed by atoms with E-state index in [9.17, 15) is 4.79 Å². The lowest BCUT2D eigenvalue weighted by molar-refractivity contribution is 0.0378. The van der Waals surface area contributed by atoms with E-state index in [4.69, 9.17) is 9.15 Å². The zero-order valence-electron chi connectivity index (χ0n) is 19.4. The van der Waals surface area contributed by atoms with Gasteiger partial charge in [-0.15, -0.1) is 0 Å². The second-order valence-electron chi connectivity index (χ2n) is 8.64. The van der Waals surface area contributed by atoms with E-state index in [2.05, 4.69) is 44.4 Å². The molecule has 0 saturated carbocycles. The van der Waals surface area contributed by atoms with Crippen LogP contribution < -0.4 is 10.2 Å². The van der Waals surface area contributed by atoms with Gasteiger partial charge in [-0.05, 0) is 43.2 Å². The molecular weight excluding hydrogens is 416 g/mol. The molecule has 174 valence electrons. The van der Waals surface area contributed by atoms with Gasteiger partial charge < -0.3 is 19.4 Å². The number of anilines is 1. The zero-order chi connectivity index (χ0) is 23.0. The highest BCUT2D eigenvalue weighted by Gasteiger charge is 2.23. The summed E-state index contributed by atoms with van der Waals surface area (Å²) in [5, 5.41) is 3.43. The highest BCUT2D eigenvalue weighted by atomic mass is 16.5. The number of pyridine rings is 1. The average molecular weight is 449 g/mol. The van der Waals surface area contributed by atoms with Gasteiger partial charge in [0.1, 0.15) is 11.4 Å². The zero-order valence-corrected chi connectivity index (χ0v) is 19.4. The number of hydrogen-bond donors (Lipinski definition) is 1. The summed E-state index contributed by atoms with van der Waals surface area (Å²) in [6, 6.07) is 14.4. The van der Waals surface area contributed by atoms with Gasteiger partial charge in [0.05, 0.1) is 18.6 Å². The molecular formula is C26H32N4O3. The number of furan rings is 1. The molecule has 0 amide bonds. The number of rotatable bonds is 9. The van der Waals surface area contributed by atoms with Crippen molar-refractivity contribution in [3.05, 3.63) is 83.4 Å². The fourth-order valence-electron chi connectivity index (χ4n) is 3.97. The van der Waals surface area contributed by atoms with E-state index in [1.54, 1.807) is 30.9 Å². The molecule has 0 atom stereocenters. The van der Waals surface area contributed by atoms with Gasteiger partial charge in [0.25, 0.3) is 0 Å². The van der Waals surface area contributed by atoms with Gasteiger partial charge in [0.15, 0.2) is 0 Å². The molecule has 1 N–H and O–H groups in total. The van der Waals surface area contributed by atoms with E-state index in [-0.39, 0.29) is 12.1 Å². The molecule has 1 fully saturated rings. The lowest BCUT2D eigenvalue weighted by atomic mass is 10.1. The van der Waals surface area contributed by atoms with Crippen molar-refractivity contribution < 1.29 is 13.9 Å². The number of carbonyl (C=O) groups is 1. The molecule has 1 aliphatic heterocycles. The Balaban J connectivity index is 1.26. The molecule has 1 aliphatic rings. The van der Waals surface area contributed by atoms with Crippen molar-refractivity contribution >= 4 is 11.8 Å². The summed E-state index contributed by atoms with van der Waals surface area (Å²) < 4.78 is 10.5. The van der Waals surface area contributed by atoms with Gasteiger partial charge in [-0.2, -0.15) is 0 Å². The number of nitrogens with one attached hydrogen (secondary N) is 1. The molecule has 0 bridgehead atoms. The van der Waals surface area contributed by atoms with Gasteiger partial charge in [-0.25, -0.2) is 9.78 Å². The molecule has 33 heavy (non-hydrogen) atoms. The number of ether oxygens (including phenoxy) is 1. The highest BCUT2D eigenvalue weighted by Crippen LogP contribution is 2.21. The molecule has 0 aliphatic carbocycles. The van der Waals surface area contributed by atoms with Crippen LogP contribution >= 0.6 is 0 Å². The van der Waals surface area contributed by atoms with E-state index in [0.717, 1.165) is 57.2 Å². The normalized spacial score (nSPS) is 14.6. The molecule has 4 rings (SSSR count). The maximum absolute atomic E-state index is 12.5. The van der Waals surface area contributed by atoms with Crippen molar-refractivity contribution in [1.29, 1.82) is 0 Å². The van der Waals surface area contributed by atoms with Gasteiger partial charge >= 0.3 is 5.97 Å². The third-order valence-corrected chi connectivity index (χ3v) is 5.69. The molecule has 3 heterocycles. The van der Waals surface area contributed by atoms with Crippen LogP contribution in [-0.4, -0.2) is 48.1 Å². The summed E-state index contributed by atoms with van der Waals surface area (Å²) in [7, 11) is 0. The first-order valence-corrected chi connectivity index (χ1v) is 11.5. The number of piperazine rings is 1. The third-order valence-electron chi connectivity index (χ3n) is 5.69. The summed E-state index contributed by atoms with van der Waals surface area (Å²) in [6.07, 6.45) is 5.05. The van der Waals surface area contributed by atoms with E-state index in [1.165, 1.54) is 11.1 Å². The predicted molar refractivity (Wildman–Crippen MR) is 128 cm³/mol. The molecule has 0 unspecified atom stereocenters. The third kappa shape index (κ3) is 6.43. The number of carbonyl (C=O) groups excluding carboxylic acids is 1. The number of aromatic nitrogens is 1. The SMILES string of the molecule is CC(C)OC(=O)c1cccnc1N1CCN(Cc2ccc(CNCc3ccoc3)cc2)CC1. The van der Waals surface area contributed by atoms with Gasteiger partial charge in [-0.3, -0.25) is 4.90 Å². The Hall–Kier alpha value is -3.16. The Labute approximate surface area is 195 Å². The molecule has 2 aromatic heterocycles. The van der Waals surface area contributed by atoms with E-state index < -0.39 is 0 Å². The van der Waals surface area contributed by atoms with Crippen LogP contribution in [-0.2, 0) is 24.4 Å². The first-order valence-electron chi connectivity index (χ1n) is 11.5. The van der Waals surface area contributed by atoms with Crippen LogP contribution in [0.15, 0.2) is 65.6 Å². The van der Waals surface area contributed by atoms with Crippen molar-refractivity contribution in [2.75, 3.05) is 31.1 Å². The van der Waals surface area contributed by atoms with Crippen molar-refractivity contribution in [3.8, 4) is 0 Å². The summed E-state index contributed by atoms with van der Waals surface area (Å²) in [6.45, 7) is 9.76. The second-order valence-corrected chi connectivity index (χ2v) is 8.64. The number of esters is 1.